The lowest BCUT2D eigenvalue weighted by Crippen LogP contribution is -1.82. The zero-order valence-electron chi connectivity index (χ0n) is 11.1. The highest BCUT2D eigenvalue weighted by molar-refractivity contribution is 9.09. The highest BCUT2D eigenvalue weighted by Gasteiger charge is 1.92. The quantitative estimate of drug-likeness (QED) is 0.207. The van der Waals surface area contributed by atoms with E-state index >= 15 is 0 Å². The van der Waals surface area contributed by atoms with Crippen LogP contribution in [-0.2, 0) is 0 Å². The standard InChI is InChI=1S/C15H28BrCl/c16-14-12-10-8-6-4-2-1-3-5-7-9-11-13-15-17/h10,12H,1-9,11,13-15H2. The first kappa shape index (κ1) is 17.5. The third-order valence-electron chi connectivity index (χ3n) is 3.01. The minimum Gasteiger partial charge on any atom is -0.127 e. The van der Waals surface area contributed by atoms with Crippen LogP contribution >= 0.6 is 27.5 Å². The summed E-state index contributed by atoms with van der Waals surface area (Å²) in [6.07, 6.45) is 19.5. The van der Waals surface area contributed by atoms with Crippen molar-refractivity contribution in [2.24, 2.45) is 0 Å². The van der Waals surface area contributed by atoms with Gasteiger partial charge >= 0.3 is 0 Å². The fourth-order valence-corrected chi connectivity index (χ4v) is 2.41. The molecular weight excluding hydrogens is 296 g/mol. The van der Waals surface area contributed by atoms with Gasteiger partial charge in [0.2, 0.25) is 0 Å². The number of halogens is 2. The number of allylic oxidation sites excluding steroid dienone is 2. The Hall–Kier alpha value is 0.510. The smallest absolute Gasteiger partial charge is 0.0223 e. The van der Waals surface area contributed by atoms with Crippen molar-refractivity contribution in [1.82, 2.24) is 0 Å². The van der Waals surface area contributed by atoms with E-state index in [1.807, 2.05) is 0 Å². The van der Waals surface area contributed by atoms with Crippen molar-refractivity contribution in [3.63, 3.8) is 0 Å². The Morgan fingerprint density at radius 2 is 1.12 bits per heavy atom. The second-order valence-corrected chi connectivity index (χ2v) is 5.66. The summed E-state index contributed by atoms with van der Waals surface area (Å²) >= 11 is 9.03. The van der Waals surface area contributed by atoms with Gasteiger partial charge in [-0.15, -0.1) is 11.6 Å². The van der Waals surface area contributed by atoms with E-state index in [1.165, 1.54) is 70.6 Å². The van der Waals surface area contributed by atoms with Gasteiger partial charge in [-0.05, 0) is 19.3 Å². The lowest BCUT2D eigenvalue weighted by molar-refractivity contribution is 0.558. The second-order valence-electron chi connectivity index (χ2n) is 4.64. The van der Waals surface area contributed by atoms with Crippen LogP contribution in [0.5, 0.6) is 0 Å². The van der Waals surface area contributed by atoms with Crippen LogP contribution in [0.1, 0.15) is 70.6 Å². The molecule has 0 fully saturated rings. The maximum atomic E-state index is 5.64. The normalized spacial score (nSPS) is 11.4. The number of rotatable bonds is 13. The molecule has 102 valence electrons. The van der Waals surface area contributed by atoms with E-state index in [1.54, 1.807) is 0 Å². The molecule has 0 spiro atoms. The summed E-state index contributed by atoms with van der Waals surface area (Å²) in [6, 6.07) is 0. The van der Waals surface area contributed by atoms with Crippen LogP contribution in [0.4, 0.5) is 0 Å². The van der Waals surface area contributed by atoms with Crippen LogP contribution in [0.2, 0.25) is 0 Å². The van der Waals surface area contributed by atoms with Crippen molar-refractivity contribution in [2.45, 2.75) is 70.6 Å². The van der Waals surface area contributed by atoms with Crippen molar-refractivity contribution in [2.75, 3.05) is 11.2 Å². The van der Waals surface area contributed by atoms with Crippen LogP contribution in [-0.4, -0.2) is 11.2 Å². The van der Waals surface area contributed by atoms with Gasteiger partial charge in [-0.3, -0.25) is 0 Å². The Morgan fingerprint density at radius 1 is 0.647 bits per heavy atom. The van der Waals surface area contributed by atoms with E-state index < -0.39 is 0 Å². The Balaban J connectivity index is 2.91. The minimum atomic E-state index is 0.837. The molecule has 0 aliphatic rings. The van der Waals surface area contributed by atoms with E-state index in [-0.39, 0.29) is 0 Å². The predicted molar refractivity (Wildman–Crippen MR) is 84.4 cm³/mol. The lowest BCUT2D eigenvalue weighted by atomic mass is 10.1. The molecule has 0 atom stereocenters. The first-order valence-electron chi connectivity index (χ1n) is 7.18. The van der Waals surface area contributed by atoms with Crippen LogP contribution in [0.15, 0.2) is 12.2 Å². The number of hydrogen-bond acceptors (Lipinski definition) is 0. The molecule has 0 aromatic rings. The van der Waals surface area contributed by atoms with Gasteiger partial charge in [-0.2, -0.15) is 0 Å². The molecule has 0 aromatic heterocycles. The highest BCUT2D eigenvalue weighted by Crippen LogP contribution is 2.11. The van der Waals surface area contributed by atoms with Gasteiger partial charge < -0.3 is 0 Å². The molecule has 0 radical (unpaired) electrons. The number of unbranched alkanes of at least 4 members (excludes halogenated alkanes) is 10. The average Bonchev–Trinajstić information content (AvgIpc) is 2.35. The fraction of sp³-hybridized carbons (Fsp3) is 0.867. The van der Waals surface area contributed by atoms with Gasteiger partial charge in [0.05, 0.1) is 0 Å². The molecule has 0 saturated carbocycles. The van der Waals surface area contributed by atoms with E-state index in [4.69, 9.17) is 11.6 Å². The van der Waals surface area contributed by atoms with E-state index in [0.717, 1.165) is 11.2 Å². The molecule has 0 saturated heterocycles. The zero-order chi connectivity index (χ0) is 12.6. The molecule has 0 rings (SSSR count). The molecule has 0 nitrogen and oxygen atoms in total. The van der Waals surface area contributed by atoms with Gasteiger partial charge in [0.25, 0.3) is 0 Å². The summed E-state index contributed by atoms with van der Waals surface area (Å²) in [5, 5.41) is 0.997. The van der Waals surface area contributed by atoms with Crippen molar-refractivity contribution in [3.8, 4) is 0 Å². The molecule has 0 aliphatic heterocycles. The van der Waals surface area contributed by atoms with Gasteiger partial charge in [0.1, 0.15) is 0 Å². The summed E-state index contributed by atoms with van der Waals surface area (Å²) in [5.41, 5.74) is 0. The monoisotopic (exact) mass is 322 g/mol. The maximum Gasteiger partial charge on any atom is 0.0223 e. The Morgan fingerprint density at radius 3 is 1.59 bits per heavy atom. The molecule has 0 N–H and O–H groups in total. The average molecular weight is 324 g/mol. The third-order valence-corrected chi connectivity index (χ3v) is 3.65. The second kappa shape index (κ2) is 16.5. The maximum absolute atomic E-state index is 5.64. The molecule has 0 bridgehead atoms. The first-order chi connectivity index (χ1) is 8.41. The Bertz CT molecular complexity index is 157. The third kappa shape index (κ3) is 16.5. The van der Waals surface area contributed by atoms with Crippen molar-refractivity contribution in [3.05, 3.63) is 12.2 Å². The topological polar surface area (TPSA) is 0 Å². The Labute approximate surface area is 121 Å². The molecule has 0 aromatic carbocycles. The largest absolute Gasteiger partial charge is 0.127 e. The molecular formula is C15H28BrCl. The van der Waals surface area contributed by atoms with Crippen molar-refractivity contribution < 1.29 is 0 Å². The SMILES string of the molecule is ClCCCCCCCCCCCCC=CCBr. The predicted octanol–water partition coefficient (Wildman–Crippen LogP) is 6.47. The summed E-state index contributed by atoms with van der Waals surface area (Å²) in [5.74, 6) is 0.837. The Kier molecular flexibility index (Phi) is 17.0. The van der Waals surface area contributed by atoms with Gasteiger partial charge in [-0.25, -0.2) is 0 Å². The summed E-state index contributed by atoms with van der Waals surface area (Å²) < 4.78 is 0. The summed E-state index contributed by atoms with van der Waals surface area (Å²) in [6.45, 7) is 0. The molecule has 17 heavy (non-hydrogen) atoms. The van der Waals surface area contributed by atoms with E-state index in [9.17, 15) is 0 Å². The van der Waals surface area contributed by atoms with E-state index in [2.05, 4.69) is 28.1 Å². The summed E-state index contributed by atoms with van der Waals surface area (Å²) in [7, 11) is 0. The van der Waals surface area contributed by atoms with Gasteiger partial charge in [-0.1, -0.05) is 79.4 Å². The fourth-order valence-electron chi connectivity index (χ4n) is 1.95. The highest BCUT2D eigenvalue weighted by atomic mass is 79.9. The molecule has 0 unspecified atom stereocenters. The van der Waals surface area contributed by atoms with Gasteiger partial charge in [0, 0.05) is 11.2 Å². The van der Waals surface area contributed by atoms with E-state index in [0.29, 0.717) is 0 Å². The molecule has 0 amide bonds. The molecule has 0 heterocycles. The van der Waals surface area contributed by atoms with Crippen molar-refractivity contribution >= 4 is 27.5 Å². The molecule has 2 heteroatoms. The lowest BCUT2D eigenvalue weighted by Gasteiger charge is -2.01. The molecule has 0 aliphatic carbocycles. The number of alkyl halides is 2. The van der Waals surface area contributed by atoms with Crippen LogP contribution in [0.3, 0.4) is 0 Å². The minimum absolute atomic E-state index is 0.837. The van der Waals surface area contributed by atoms with Crippen LogP contribution < -0.4 is 0 Å². The number of hydrogen-bond donors (Lipinski definition) is 0. The first-order valence-corrected chi connectivity index (χ1v) is 8.84. The van der Waals surface area contributed by atoms with Crippen LogP contribution in [0.25, 0.3) is 0 Å². The summed E-state index contributed by atoms with van der Waals surface area (Å²) in [4.78, 5) is 0. The van der Waals surface area contributed by atoms with Gasteiger partial charge in [0.15, 0.2) is 0 Å². The zero-order valence-corrected chi connectivity index (χ0v) is 13.4. The van der Waals surface area contributed by atoms with Crippen molar-refractivity contribution in [1.29, 1.82) is 0 Å². The van der Waals surface area contributed by atoms with Crippen LogP contribution in [0, 0.1) is 0 Å².